The second-order valence-electron chi connectivity index (χ2n) is 4.82. The first-order chi connectivity index (χ1) is 6.85. The van der Waals surface area contributed by atoms with E-state index in [2.05, 4.69) is 0 Å². The number of hydrogen-bond donors (Lipinski definition) is 0. The van der Waals surface area contributed by atoms with Gasteiger partial charge in [0.05, 0.1) is 0 Å². The zero-order valence-corrected chi connectivity index (χ0v) is 10.9. The van der Waals surface area contributed by atoms with Gasteiger partial charge in [0.25, 0.3) is 10.2 Å². The predicted molar refractivity (Wildman–Crippen MR) is 61.8 cm³/mol. The van der Waals surface area contributed by atoms with E-state index >= 15 is 0 Å². The summed E-state index contributed by atoms with van der Waals surface area (Å²) in [5.41, 5.74) is 0. The molecule has 0 atom stereocenters. The molecule has 0 aromatic rings. The Balaban J connectivity index is 2.83. The maximum atomic E-state index is 12.1. The molecule has 0 bridgehead atoms. The van der Waals surface area contributed by atoms with Gasteiger partial charge in [-0.05, 0) is 26.2 Å². The topological polar surface area (TPSA) is 40.6 Å². The van der Waals surface area contributed by atoms with E-state index in [1.165, 1.54) is 0 Å². The van der Waals surface area contributed by atoms with Crippen LogP contribution in [0.1, 0.15) is 34.1 Å². The molecule has 0 aromatic carbocycles. The number of rotatable bonds is 3. The molecule has 0 aliphatic carbocycles. The summed E-state index contributed by atoms with van der Waals surface area (Å²) in [4.78, 5) is 0. The second-order valence-corrected chi connectivity index (χ2v) is 6.70. The van der Waals surface area contributed by atoms with Crippen LogP contribution in [-0.2, 0) is 10.2 Å². The number of nitrogens with zero attached hydrogens (tertiary/aromatic N) is 2. The van der Waals surface area contributed by atoms with E-state index in [0.29, 0.717) is 25.6 Å². The Morgan fingerprint density at radius 3 is 2.20 bits per heavy atom. The highest BCUT2D eigenvalue weighted by Gasteiger charge is 2.34. The largest absolute Gasteiger partial charge is 0.282 e. The minimum atomic E-state index is -3.19. The summed E-state index contributed by atoms with van der Waals surface area (Å²) in [5.74, 6) is 0.381. The third-order valence-corrected chi connectivity index (χ3v) is 4.73. The molecule has 90 valence electrons. The van der Waals surface area contributed by atoms with Gasteiger partial charge in [-0.2, -0.15) is 17.0 Å². The average Bonchev–Trinajstić information content (AvgIpc) is 2.06. The van der Waals surface area contributed by atoms with Crippen molar-refractivity contribution in [2.45, 2.75) is 40.2 Å². The van der Waals surface area contributed by atoms with Gasteiger partial charge in [-0.1, -0.05) is 13.8 Å². The van der Waals surface area contributed by atoms with E-state index in [1.807, 2.05) is 27.7 Å². The van der Waals surface area contributed by atoms with Gasteiger partial charge in [0, 0.05) is 25.7 Å². The number of hydrogen-bond acceptors (Lipinski definition) is 2. The highest BCUT2D eigenvalue weighted by atomic mass is 32.2. The van der Waals surface area contributed by atoms with Gasteiger partial charge < -0.3 is 0 Å². The third kappa shape index (κ3) is 2.92. The van der Waals surface area contributed by atoms with Crippen LogP contribution in [0.15, 0.2) is 0 Å². The van der Waals surface area contributed by atoms with Crippen molar-refractivity contribution in [2.24, 2.45) is 5.92 Å². The maximum absolute atomic E-state index is 12.1. The monoisotopic (exact) mass is 234 g/mol. The Hall–Kier alpha value is -0.130. The fourth-order valence-electron chi connectivity index (χ4n) is 1.90. The van der Waals surface area contributed by atoms with E-state index in [4.69, 9.17) is 0 Å². The minimum Gasteiger partial charge on any atom is -0.195 e. The van der Waals surface area contributed by atoms with E-state index in [9.17, 15) is 8.42 Å². The standard InChI is InChI=1S/C10H22N2O2S/c1-9(2)8-11-6-5-7-12(10(3)4)15(11,13)14/h9-10H,5-8H2,1-4H3. The minimum absolute atomic E-state index is 0.0602. The SMILES string of the molecule is CC(C)CN1CCCN(C(C)C)S1(=O)=O. The second kappa shape index (κ2) is 4.80. The van der Waals surface area contributed by atoms with E-state index < -0.39 is 10.2 Å². The Labute approximate surface area is 93.4 Å². The molecule has 0 radical (unpaired) electrons. The van der Waals surface area contributed by atoms with E-state index in [-0.39, 0.29) is 6.04 Å². The lowest BCUT2D eigenvalue weighted by molar-refractivity contribution is 0.244. The van der Waals surface area contributed by atoms with Gasteiger partial charge in [0.15, 0.2) is 0 Å². The maximum Gasteiger partial charge on any atom is 0.282 e. The van der Waals surface area contributed by atoms with E-state index in [0.717, 1.165) is 6.42 Å². The van der Waals surface area contributed by atoms with Crippen LogP contribution in [0.2, 0.25) is 0 Å². The van der Waals surface area contributed by atoms with Crippen molar-refractivity contribution >= 4 is 10.2 Å². The quantitative estimate of drug-likeness (QED) is 0.738. The summed E-state index contributed by atoms with van der Waals surface area (Å²) >= 11 is 0. The van der Waals surface area contributed by atoms with Crippen LogP contribution in [0.25, 0.3) is 0 Å². The lowest BCUT2D eigenvalue weighted by Crippen LogP contribution is -2.52. The molecule has 0 spiro atoms. The summed E-state index contributed by atoms with van der Waals surface area (Å²) in [6.45, 7) is 9.91. The fourth-order valence-corrected chi connectivity index (χ4v) is 3.93. The zero-order chi connectivity index (χ0) is 11.6. The van der Waals surface area contributed by atoms with Gasteiger partial charge in [0.2, 0.25) is 0 Å². The molecule has 1 aliphatic heterocycles. The molecule has 15 heavy (non-hydrogen) atoms. The normalized spacial score (nSPS) is 23.9. The molecule has 0 saturated carbocycles. The Bertz CT molecular complexity index is 299. The van der Waals surface area contributed by atoms with Gasteiger partial charge in [-0.3, -0.25) is 0 Å². The van der Waals surface area contributed by atoms with Crippen LogP contribution in [0.3, 0.4) is 0 Å². The van der Waals surface area contributed by atoms with Crippen LogP contribution in [-0.4, -0.2) is 42.7 Å². The first kappa shape index (κ1) is 12.9. The molecule has 1 saturated heterocycles. The first-order valence-electron chi connectivity index (χ1n) is 5.62. The van der Waals surface area contributed by atoms with Gasteiger partial charge in [-0.15, -0.1) is 0 Å². The summed E-state index contributed by atoms with van der Waals surface area (Å²) in [6, 6.07) is 0.0602. The lowest BCUT2D eigenvalue weighted by Gasteiger charge is -2.37. The Morgan fingerprint density at radius 2 is 1.73 bits per heavy atom. The highest BCUT2D eigenvalue weighted by Crippen LogP contribution is 2.19. The third-order valence-electron chi connectivity index (χ3n) is 2.55. The highest BCUT2D eigenvalue weighted by molar-refractivity contribution is 7.86. The van der Waals surface area contributed by atoms with Crippen LogP contribution in [0.4, 0.5) is 0 Å². The van der Waals surface area contributed by atoms with Crippen LogP contribution in [0, 0.1) is 5.92 Å². The average molecular weight is 234 g/mol. The zero-order valence-electron chi connectivity index (χ0n) is 10.1. The summed E-state index contributed by atoms with van der Waals surface area (Å²) in [7, 11) is -3.19. The molecule has 0 N–H and O–H groups in total. The Morgan fingerprint density at radius 1 is 1.13 bits per heavy atom. The van der Waals surface area contributed by atoms with Crippen LogP contribution in [0.5, 0.6) is 0 Å². The van der Waals surface area contributed by atoms with Crippen LogP contribution >= 0.6 is 0 Å². The summed E-state index contributed by atoms with van der Waals surface area (Å²) in [5, 5.41) is 0. The molecule has 4 nitrogen and oxygen atoms in total. The Kier molecular flexibility index (Phi) is 4.14. The van der Waals surface area contributed by atoms with Gasteiger partial charge >= 0.3 is 0 Å². The van der Waals surface area contributed by atoms with Gasteiger partial charge in [0.1, 0.15) is 0 Å². The molecule has 1 aliphatic rings. The summed E-state index contributed by atoms with van der Waals surface area (Å²) in [6.07, 6.45) is 0.935. The van der Waals surface area contributed by atoms with Crippen molar-refractivity contribution in [3.63, 3.8) is 0 Å². The lowest BCUT2D eigenvalue weighted by atomic mass is 10.2. The fraction of sp³-hybridized carbons (Fsp3) is 1.00. The molecule has 0 aromatic heterocycles. The molecule has 1 rings (SSSR count). The first-order valence-corrected chi connectivity index (χ1v) is 7.02. The molecule has 5 heteroatoms. The molecular formula is C10H22N2O2S. The molecule has 0 amide bonds. The van der Waals surface area contributed by atoms with Crippen molar-refractivity contribution in [1.82, 2.24) is 8.61 Å². The van der Waals surface area contributed by atoms with Crippen molar-refractivity contribution in [2.75, 3.05) is 19.6 Å². The van der Waals surface area contributed by atoms with E-state index in [1.54, 1.807) is 8.61 Å². The summed E-state index contributed by atoms with van der Waals surface area (Å²) < 4.78 is 27.5. The molecule has 1 fully saturated rings. The smallest absolute Gasteiger partial charge is 0.195 e. The van der Waals surface area contributed by atoms with Crippen molar-refractivity contribution < 1.29 is 8.42 Å². The molecular weight excluding hydrogens is 212 g/mol. The van der Waals surface area contributed by atoms with Crippen molar-refractivity contribution in [3.8, 4) is 0 Å². The molecule has 1 heterocycles. The molecule has 0 unspecified atom stereocenters. The van der Waals surface area contributed by atoms with Crippen molar-refractivity contribution in [1.29, 1.82) is 0 Å². The van der Waals surface area contributed by atoms with Gasteiger partial charge in [-0.25, -0.2) is 0 Å². The van der Waals surface area contributed by atoms with Crippen molar-refractivity contribution in [3.05, 3.63) is 0 Å². The predicted octanol–water partition coefficient (Wildman–Crippen LogP) is 1.30. The van der Waals surface area contributed by atoms with Crippen LogP contribution < -0.4 is 0 Å².